The first kappa shape index (κ1) is 14.9. The Kier molecular flexibility index (Phi) is 4.43. The van der Waals surface area contributed by atoms with Gasteiger partial charge in [-0.1, -0.05) is 30.3 Å². The minimum atomic E-state index is -0.370. The number of methoxy groups -OCH3 is 1. The highest BCUT2D eigenvalue weighted by atomic mass is 16.5. The molecule has 0 saturated heterocycles. The molecule has 1 heterocycles. The highest BCUT2D eigenvalue weighted by Gasteiger charge is 2.02. The fraction of sp³-hybridized carbons (Fsp3) is 0.105. The second-order valence-corrected chi connectivity index (χ2v) is 5.10. The molecular weight excluding hydrogens is 290 g/mol. The molecule has 4 nitrogen and oxygen atoms in total. The van der Waals surface area contributed by atoms with Crippen molar-refractivity contribution >= 4 is 22.9 Å². The predicted octanol–water partition coefficient (Wildman–Crippen LogP) is 3.93. The summed E-state index contributed by atoms with van der Waals surface area (Å²) in [5.74, 6) is 0.430. The number of carbonyl (C=O) groups excluding carboxylic acids is 1. The van der Waals surface area contributed by atoms with Gasteiger partial charge in [0.25, 0.3) is 0 Å². The molecule has 0 unspecified atom stereocenters. The van der Waals surface area contributed by atoms with Gasteiger partial charge in [0.2, 0.25) is 0 Å². The molecule has 23 heavy (non-hydrogen) atoms. The molecule has 0 radical (unpaired) electrons. The molecule has 0 aliphatic rings. The number of fused-ring (bicyclic) bond motifs is 1. The van der Waals surface area contributed by atoms with E-state index in [1.54, 1.807) is 13.2 Å². The summed E-state index contributed by atoms with van der Waals surface area (Å²) in [5.41, 5.74) is 2.79. The summed E-state index contributed by atoms with van der Waals surface area (Å²) < 4.78 is 10.4. The van der Waals surface area contributed by atoms with E-state index in [1.165, 1.54) is 6.08 Å². The normalized spacial score (nSPS) is 11.0. The van der Waals surface area contributed by atoms with Crippen LogP contribution in [0, 0.1) is 0 Å². The van der Waals surface area contributed by atoms with Gasteiger partial charge in [-0.05, 0) is 35.9 Å². The fourth-order valence-corrected chi connectivity index (χ4v) is 2.28. The van der Waals surface area contributed by atoms with E-state index in [0.717, 1.165) is 27.9 Å². The predicted molar refractivity (Wildman–Crippen MR) is 90.1 cm³/mol. The molecule has 3 rings (SSSR count). The Labute approximate surface area is 134 Å². The summed E-state index contributed by atoms with van der Waals surface area (Å²) in [4.78, 5) is 15.0. The van der Waals surface area contributed by atoms with Gasteiger partial charge < -0.3 is 14.5 Å². The van der Waals surface area contributed by atoms with Crippen LogP contribution in [0.5, 0.6) is 5.75 Å². The maximum atomic E-state index is 11.8. The summed E-state index contributed by atoms with van der Waals surface area (Å²) in [7, 11) is 1.64. The molecule has 4 heteroatoms. The number of aromatic amines is 1. The maximum absolute atomic E-state index is 11.8. The monoisotopic (exact) mass is 307 g/mol. The van der Waals surface area contributed by atoms with Crippen LogP contribution in [0.15, 0.2) is 60.7 Å². The fourth-order valence-electron chi connectivity index (χ4n) is 2.28. The van der Waals surface area contributed by atoms with Gasteiger partial charge in [-0.25, -0.2) is 4.79 Å². The zero-order valence-electron chi connectivity index (χ0n) is 12.8. The number of aromatic nitrogens is 1. The van der Waals surface area contributed by atoms with Crippen LogP contribution in [-0.4, -0.2) is 18.1 Å². The summed E-state index contributed by atoms with van der Waals surface area (Å²) in [6.45, 7) is 0.272. The van der Waals surface area contributed by atoms with Crippen molar-refractivity contribution in [1.82, 2.24) is 4.98 Å². The molecule has 1 N–H and O–H groups in total. The highest BCUT2D eigenvalue weighted by Crippen LogP contribution is 2.21. The minimum Gasteiger partial charge on any atom is -0.497 e. The third-order valence-corrected chi connectivity index (χ3v) is 3.47. The van der Waals surface area contributed by atoms with E-state index in [1.807, 2.05) is 54.6 Å². The van der Waals surface area contributed by atoms with Crippen LogP contribution in [0.1, 0.15) is 11.3 Å². The molecule has 0 atom stereocenters. The number of rotatable bonds is 5. The summed E-state index contributed by atoms with van der Waals surface area (Å²) in [6, 6.07) is 17.3. The molecule has 0 aliphatic heterocycles. The number of hydrogen-bond donors (Lipinski definition) is 1. The molecular formula is C19H17NO3. The average molecular weight is 307 g/mol. The Balaban J connectivity index is 1.64. The number of hydrogen-bond acceptors (Lipinski definition) is 3. The SMILES string of the molecule is COc1ccc2[nH]c(/C=C/C(=O)OCc3ccccc3)cc2c1. The van der Waals surface area contributed by atoms with E-state index in [4.69, 9.17) is 9.47 Å². The Hall–Kier alpha value is -3.01. The van der Waals surface area contributed by atoms with Crippen molar-refractivity contribution in [3.63, 3.8) is 0 Å². The van der Waals surface area contributed by atoms with Crippen molar-refractivity contribution in [2.75, 3.05) is 7.11 Å². The van der Waals surface area contributed by atoms with E-state index in [2.05, 4.69) is 4.98 Å². The highest BCUT2D eigenvalue weighted by molar-refractivity contribution is 5.89. The third kappa shape index (κ3) is 3.80. The van der Waals surface area contributed by atoms with Crippen molar-refractivity contribution in [3.05, 3.63) is 71.9 Å². The molecule has 2 aromatic carbocycles. The number of benzene rings is 2. The van der Waals surface area contributed by atoms with Gasteiger partial charge in [-0.15, -0.1) is 0 Å². The van der Waals surface area contributed by atoms with Crippen LogP contribution in [0.25, 0.3) is 17.0 Å². The van der Waals surface area contributed by atoms with Crippen molar-refractivity contribution in [1.29, 1.82) is 0 Å². The standard InChI is InChI=1S/C19H17NO3/c1-22-17-8-9-18-15(12-17)11-16(20-18)7-10-19(21)23-13-14-5-3-2-4-6-14/h2-12,20H,13H2,1H3/b10-7+. The van der Waals surface area contributed by atoms with E-state index < -0.39 is 0 Å². The Morgan fingerprint density at radius 3 is 2.74 bits per heavy atom. The number of nitrogens with one attached hydrogen (secondary N) is 1. The lowest BCUT2D eigenvalue weighted by Crippen LogP contribution is -2.00. The summed E-state index contributed by atoms with van der Waals surface area (Å²) >= 11 is 0. The molecule has 0 bridgehead atoms. The first-order valence-corrected chi connectivity index (χ1v) is 7.30. The van der Waals surface area contributed by atoms with Crippen molar-refractivity contribution in [2.45, 2.75) is 6.61 Å². The van der Waals surface area contributed by atoms with Crippen molar-refractivity contribution in [2.24, 2.45) is 0 Å². The van der Waals surface area contributed by atoms with Gasteiger partial charge >= 0.3 is 5.97 Å². The van der Waals surface area contributed by atoms with Gasteiger partial charge in [-0.2, -0.15) is 0 Å². The third-order valence-electron chi connectivity index (χ3n) is 3.47. The van der Waals surface area contributed by atoms with Crippen molar-refractivity contribution < 1.29 is 14.3 Å². The first-order valence-electron chi connectivity index (χ1n) is 7.30. The van der Waals surface area contributed by atoms with Crippen LogP contribution >= 0.6 is 0 Å². The van der Waals surface area contributed by atoms with Crippen LogP contribution in [0.4, 0.5) is 0 Å². The van der Waals surface area contributed by atoms with E-state index >= 15 is 0 Å². The lowest BCUT2D eigenvalue weighted by atomic mass is 10.2. The molecule has 0 aliphatic carbocycles. The van der Waals surface area contributed by atoms with Crippen LogP contribution in [0.3, 0.4) is 0 Å². The lowest BCUT2D eigenvalue weighted by Gasteiger charge is -2.01. The smallest absolute Gasteiger partial charge is 0.331 e. The lowest BCUT2D eigenvalue weighted by molar-refractivity contribution is -0.138. The topological polar surface area (TPSA) is 51.3 Å². The second-order valence-electron chi connectivity index (χ2n) is 5.10. The zero-order valence-corrected chi connectivity index (χ0v) is 12.8. The van der Waals surface area contributed by atoms with E-state index in [-0.39, 0.29) is 12.6 Å². The number of ether oxygens (including phenoxy) is 2. The number of carbonyl (C=O) groups is 1. The summed E-state index contributed by atoms with van der Waals surface area (Å²) in [6.07, 6.45) is 3.13. The largest absolute Gasteiger partial charge is 0.497 e. The van der Waals surface area contributed by atoms with Gasteiger partial charge in [0.15, 0.2) is 0 Å². The molecule has 0 saturated carbocycles. The Morgan fingerprint density at radius 1 is 1.13 bits per heavy atom. The molecule has 0 fully saturated rings. The van der Waals surface area contributed by atoms with Gasteiger partial charge in [-0.3, -0.25) is 0 Å². The summed E-state index contributed by atoms with van der Waals surface area (Å²) in [5, 5.41) is 1.03. The average Bonchev–Trinajstić information content (AvgIpc) is 3.01. The van der Waals surface area contributed by atoms with E-state index in [0.29, 0.717) is 0 Å². The first-order chi connectivity index (χ1) is 11.2. The molecule has 3 aromatic rings. The van der Waals surface area contributed by atoms with Crippen molar-refractivity contribution in [3.8, 4) is 5.75 Å². The van der Waals surface area contributed by atoms with Crippen LogP contribution < -0.4 is 4.74 Å². The van der Waals surface area contributed by atoms with E-state index in [9.17, 15) is 4.79 Å². The molecule has 1 aromatic heterocycles. The molecule has 0 spiro atoms. The van der Waals surface area contributed by atoms with Crippen LogP contribution in [0.2, 0.25) is 0 Å². The maximum Gasteiger partial charge on any atom is 0.331 e. The van der Waals surface area contributed by atoms with Gasteiger partial charge in [0.1, 0.15) is 12.4 Å². The number of H-pyrrole nitrogens is 1. The Morgan fingerprint density at radius 2 is 1.96 bits per heavy atom. The minimum absolute atomic E-state index is 0.272. The Bertz CT molecular complexity index is 834. The number of esters is 1. The van der Waals surface area contributed by atoms with Gasteiger partial charge in [0.05, 0.1) is 7.11 Å². The van der Waals surface area contributed by atoms with Crippen LogP contribution in [-0.2, 0) is 16.1 Å². The van der Waals surface area contributed by atoms with Gasteiger partial charge in [0, 0.05) is 22.7 Å². The molecule has 116 valence electrons. The second kappa shape index (κ2) is 6.83. The molecule has 0 amide bonds. The quantitative estimate of drug-likeness (QED) is 0.574. The zero-order chi connectivity index (χ0) is 16.1.